The molecule has 156 valence electrons. The third-order valence-corrected chi connectivity index (χ3v) is 6.79. The molecule has 3 aromatic rings. The van der Waals surface area contributed by atoms with Crippen molar-refractivity contribution in [3.05, 3.63) is 95.3 Å². The lowest BCUT2D eigenvalue weighted by atomic mass is 9.99. The molecule has 0 saturated carbocycles. The van der Waals surface area contributed by atoms with Crippen molar-refractivity contribution in [3.8, 4) is 0 Å². The summed E-state index contributed by atoms with van der Waals surface area (Å²) in [5.74, 6) is -0.586. The van der Waals surface area contributed by atoms with Crippen LogP contribution in [0.3, 0.4) is 0 Å². The molecule has 1 heterocycles. The van der Waals surface area contributed by atoms with Crippen LogP contribution in [0.25, 0.3) is 0 Å². The molecule has 0 spiro atoms. The van der Waals surface area contributed by atoms with Crippen molar-refractivity contribution in [2.24, 2.45) is 0 Å². The van der Waals surface area contributed by atoms with Gasteiger partial charge in [-0.05, 0) is 42.3 Å². The van der Waals surface area contributed by atoms with E-state index in [-0.39, 0.29) is 17.0 Å². The Balaban J connectivity index is 2.14. The Kier molecular flexibility index (Phi) is 6.64. The average molecular weight is 425 g/mol. The van der Waals surface area contributed by atoms with Gasteiger partial charge in [0.25, 0.3) is 0 Å². The van der Waals surface area contributed by atoms with Gasteiger partial charge in [-0.25, -0.2) is 13.2 Å². The first-order valence-corrected chi connectivity index (χ1v) is 11.0. The van der Waals surface area contributed by atoms with Crippen molar-refractivity contribution >= 4 is 16.0 Å². The highest BCUT2D eigenvalue weighted by Gasteiger charge is 2.33. The van der Waals surface area contributed by atoms with E-state index in [0.717, 1.165) is 16.7 Å². The van der Waals surface area contributed by atoms with Gasteiger partial charge >= 0.3 is 5.97 Å². The van der Waals surface area contributed by atoms with E-state index < -0.39 is 22.0 Å². The lowest BCUT2D eigenvalue weighted by Crippen LogP contribution is -2.35. The molecule has 3 rings (SSSR count). The van der Waals surface area contributed by atoms with Gasteiger partial charge in [-0.1, -0.05) is 48.9 Å². The summed E-state index contributed by atoms with van der Waals surface area (Å²) in [7, 11) is -2.66. The van der Waals surface area contributed by atoms with Crippen LogP contribution >= 0.6 is 0 Å². The van der Waals surface area contributed by atoms with Crippen molar-refractivity contribution in [1.29, 1.82) is 0 Å². The minimum atomic E-state index is -3.92. The first-order chi connectivity index (χ1) is 14.4. The highest BCUT2D eigenvalue weighted by Crippen LogP contribution is 2.33. The minimum absolute atomic E-state index is 0.0354. The molecule has 0 radical (unpaired) electrons. The molecule has 0 bridgehead atoms. The molecule has 0 aliphatic carbocycles. The van der Waals surface area contributed by atoms with Crippen molar-refractivity contribution in [2.45, 2.75) is 24.8 Å². The van der Waals surface area contributed by atoms with Crippen LogP contribution in [0.15, 0.2) is 78.0 Å². The van der Waals surface area contributed by atoms with Gasteiger partial charge in [0, 0.05) is 18.9 Å². The number of sulfonamides is 1. The van der Waals surface area contributed by atoms with Crippen molar-refractivity contribution in [3.63, 3.8) is 0 Å². The number of rotatable bonds is 7. The number of carbonyl (C=O) groups is 1. The molecular formula is C23H24N2O4S. The van der Waals surface area contributed by atoms with Gasteiger partial charge in [0.15, 0.2) is 0 Å². The Morgan fingerprint density at radius 3 is 2.40 bits per heavy atom. The predicted octanol–water partition coefficient (Wildman–Crippen LogP) is 3.98. The van der Waals surface area contributed by atoms with E-state index in [9.17, 15) is 13.2 Å². The van der Waals surface area contributed by atoms with Crippen molar-refractivity contribution in [2.75, 3.05) is 13.7 Å². The summed E-state index contributed by atoms with van der Waals surface area (Å²) in [6.45, 7) is 4.01. The summed E-state index contributed by atoms with van der Waals surface area (Å²) < 4.78 is 33.4. The molecule has 30 heavy (non-hydrogen) atoms. The maximum atomic E-state index is 13.6. The molecule has 0 aliphatic rings. The second-order valence-electron chi connectivity index (χ2n) is 6.83. The third kappa shape index (κ3) is 4.42. The van der Waals surface area contributed by atoms with Gasteiger partial charge in [0.05, 0.1) is 23.6 Å². The van der Waals surface area contributed by atoms with Crippen molar-refractivity contribution < 1.29 is 17.9 Å². The van der Waals surface area contributed by atoms with Crippen LogP contribution in [0.5, 0.6) is 0 Å². The first kappa shape index (κ1) is 21.7. The van der Waals surface area contributed by atoms with E-state index in [1.165, 1.54) is 35.7 Å². The number of benzene rings is 2. The summed E-state index contributed by atoms with van der Waals surface area (Å²) >= 11 is 0. The Morgan fingerprint density at radius 1 is 1.07 bits per heavy atom. The summed E-state index contributed by atoms with van der Waals surface area (Å²) in [4.78, 5) is 16.1. The SMILES string of the molecule is CCN([C@H](c1ccc(C)cc1)c1cccnc1)S(=O)(=O)c1cccc(C(=O)OC)c1. The van der Waals surface area contributed by atoms with E-state index in [1.807, 2.05) is 37.3 Å². The fourth-order valence-electron chi connectivity index (χ4n) is 3.34. The number of ether oxygens (including phenoxy) is 1. The minimum Gasteiger partial charge on any atom is -0.465 e. The van der Waals surface area contributed by atoms with Crippen molar-refractivity contribution in [1.82, 2.24) is 9.29 Å². The van der Waals surface area contributed by atoms with Gasteiger partial charge in [0.2, 0.25) is 10.0 Å². The van der Waals surface area contributed by atoms with E-state index in [0.29, 0.717) is 0 Å². The molecule has 1 aromatic heterocycles. The van der Waals surface area contributed by atoms with Crippen LogP contribution in [0.4, 0.5) is 0 Å². The van der Waals surface area contributed by atoms with Gasteiger partial charge in [-0.15, -0.1) is 0 Å². The zero-order valence-electron chi connectivity index (χ0n) is 17.1. The van der Waals surface area contributed by atoms with Crippen LogP contribution in [0.2, 0.25) is 0 Å². The van der Waals surface area contributed by atoms with Crippen LogP contribution < -0.4 is 0 Å². The number of hydrogen-bond donors (Lipinski definition) is 0. The Morgan fingerprint density at radius 2 is 1.80 bits per heavy atom. The monoisotopic (exact) mass is 424 g/mol. The quantitative estimate of drug-likeness (QED) is 0.536. The number of methoxy groups -OCH3 is 1. The Labute approximate surface area is 177 Å². The summed E-state index contributed by atoms with van der Waals surface area (Å²) in [5.41, 5.74) is 2.86. The molecule has 2 aromatic carbocycles. The number of aromatic nitrogens is 1. The normalized spacial score (nSPS) is 12.5. The first-order valence-electron chi connectivity index (χ1n) is 9.55. The van der Waals surface area contributed by atoms with Crippen LogP contribution in [0, 0.1) is 6.92 Å². The fourth-order valence-corrected chi connectivity index (χ4v) is 5.00. The fraction of sp³-hybridized carbons (Fsp3) is 0.217. The summed E-state index contributed by atoms with van der Waals surface area (Å²) in [5, 5.41) is 0. The van der Waals surface area contributed by atoms with Gasteiger partial charge in [-0.2, -0.15) is 4.31 Å². The van der Waals surface area contributed by atoms with E-state index in [2.05, 4.69) is 4.98 Å². The predicted molar refractivity (Wildman–Crippen MR) is 115 cm³/mol. The van der Waals surface area contributed by atoms with E-state index in [1.54, 1.807) is 25.4 Å². The maximum absolute atomic E-state index is 13.6. The highest BCUT2D eigenvalue weighted by molar-refractivity contribution is 7.89. The molecule has 0 unspecified atom stereocenters. The molecule has 6 nitrogen and oxygen atoms in total. The standard InChI is InChI=1S/C23H24N2O4S/c1-4-25(30(27,28)21-9-5-7-19(15-21)23(26)29-3)22(20-8-6-14-24-16-20)18-12-10-17(2)11-13-18/h5-16,22H,4H2,1-3H3/t22-/m1/s1. The number of aryl methyl sites for hydroxylation is 1. The third-order valence-electron chi connectivity index (χ3n) is 4.85. The lowest BCUT2D eigenvalue weighted by molar-refractivity contribution is 0.0600. The highest BCUT2D eigenvalue weighted by atomic mass is 32.2. The maximum Gasteiger partial charge on any atom is 0.337 e. The zero-order valence-corrected chi connectivity index (χ0v) is 18.0. The molecule has 0 N–H and O–H groups in total. The van der Waals surface area contributed by atoms with Gasteiger partial charge in [0.1, 0.15) is 0 Å². The average Bonchev–Trinajstić information content (AvgIpc) is 2.78. The molecule has 0 fully saturated rings. The second kappa shape index (κ2) is 9.19. The number of pyridine rings is 1. The largest absolute Gasteiger partial charge is 0.465 e. The number of esters is 1. The smallest absolute Gasteiger partial charge is 0.337 e. The second-order valence-corrected chi connectivity index (χ2v) is 8.72. The molecule has 1 atom stereocenters. The zero-order chi connectivity index (χ0) is 21.7. The van der Waals surface area contributed by atoms with Crippen LogP contribution in [0.1, 0.15) is 40.0 Å². The van der Waals surface area contributed by atoms with Crippen LogP contribution in [-0.2, 0) is 14.8 Å². The Hall–Kier alpha value is -3.03. The summed E-state index contributed by atoms with van der Waals surface area (Å²) in [6.07, 6.45) is 3.33. The van der Waals surface area contributed by atoms with Crippen LogP contribution in [-0.4, -0.2) is 37.3 Å². The molecule has 0 saturated heterocycles. The van der Waals surface area contributed by atoms with Gasteiger partial charge in [-0.3, -0.25) is 4.98 Å². The molecule has 0 aliphatic heterocycles. The number of hydrogen-bond acceptors (Lipinski definition) is 5. The topological polar surface area (TPSA) is 76.6 Å². The number of nitrogens with zero attached hydrogens (tertiary/aromatic N) is 2. The molecule has 7 heteroatoms. The Bertz CT molecular complexity index is 1110. The lowest BCUT2D eigenvalue weighted by Gasteiger charge is -2.30. The van der Waals surface area contributed by atoms with Gasteiger partial charge < -0.3 is 4.74 Å². The molecule has 0 amide bonds. The van der Waals surface area contributed by atoms with E-state index >= 15 is 0 Å². The molecular weight excluding hydrogens is 400 g/mol. The summed E-state index contributed by atoms with van der Waals surface area (Å²) in [6, 6.07) is 16.8. The number of carbonyl (C=O) groups excluding carboxylic acids is 1. The van der Waals surface area contributed by atoms with E-state index in [4.69, 9.17) is 4.74 Å².